The van der Waals surface area contributed by atoms with E-state index >= 15 is 0 Å². The van der Waals surface area contributed by atoms with E-state index in [0.717, 1.165) is 0 Å². The van der Waals surface area contributed by atoms with E-state index in [1.807, 2.05) is 0 Å². The summed E-state index contributed by atoms with van der Waals surface area (Å²) in [6.45, 7) is 0. The van der Waals surface area contributed by atoms with Crippen molar-refractivity contribution in [1.82, 2.24) is 0 Å². The molecule has 0 amide bonds. The van der Waals surface area contributed by atoms with Crippen LogP contribution in [0.15, 0.2) is 0 Å². The van der Waals surface area contributed by atoms with Crippen molar-refractivity contribution in [3.05, 3.63) is 0 Å². The van der Waals surface area contributed by atoms with Crippen LogP contribution in [0.3, 0.4) is 0 Å². The van der Waals surface area contributed by atoms with Crippen molar-refractivity contribution in [2.24, 2.45) is 0 Å². The zero-order valence-electron chi connectivity index (χ0n) is 6.26. The highest BCUT2D eigenvalue weighted by atomic mass is 32.2. The molecule has 0 fully saturated rings. The summed E-state index contributed by atoms with van der Waals surface area (Å²) in [5, 5.41) is -3.54. The van der Waals surface area contributed by atoms with Gasteiger partial charge in [0.05, 0.1) is 0 Å². The van der Waals surface area contributed by atoms with Gasteiger partial charge in [-0.25, -0.2) is 0 Å². The molecule has 0 radical (unpaired) electrons. The predicted molar refractivity (Wildman–Crippen MR) is 37.8 cm³/mol. The lowest BCUT2D eigenvalue weighted by molar-refractivity contribution is -0.127. The fourth-order valence-electron chi connectivity index (χ4n) is 0.541. The molecule has 0 spiro atoms. The Morgan fingerprint density at radius 1 is 1.07 bits per heavy atom. The van der Waals surface area contributed by atoms with Crippen LogP contribution in [0.5, 0.6) is 0 Å². The van der Waals surface area contributed by atoms with Crippen molar-refractivity contribution < 1.29 is 39.1 Å². The predicted octanol–water partition coefficient (Wildman–Crippen LogP) is -0.307. The Morgan fingerprint density at radius 3 is 1.50 bits per heavy atom. The van der Waals surface area contributed by atoms with E-state index in [0.29, 0.717) is 0 Å². The molecular formula is C3H5F3O6S2. The average molecular weight is 258 g/mol. The van der Waals surface area contributed by atoms with Gasteiger partial charge in [-0.05, 0) is 0 Å². The smallest absolute Gasteiger partial charge is 0.286 e. The third kappa shape index (κ3) is 4.74. The number of alkyl halides is 3. The third-order valence-corrected chi connectivity index (χ3v) is 3.21. The summed E-state index contributed by atoms with van der Waals surface area (Å²) in [4.78, 5) is 0. The maximum Gasteiger partial charge on any atom is 0.408 e. The summed E-state index contributed by atoms with van der Waals surface area (Å²) >= 11 is 0. The maximum absolute atomic E-state index is 11.8. The molecule has 0 heterocycles. The van der Waals surface area contributed by atoms with E-state index in [9.17, 15) is 30.0 Å². The molecular weight excluding hydrogens is 253 g/mol. The van der Waals surface area contributed by atoms with E-state index < -0.39 is 37.4 Å². The average Bonchev–Trinajstić information content (AvgIpc) is 1.75. The van der Waals surface area contributed by atoms with E-state index in [1.54, 1.807) is 0 Å². The summed E-state index contributed by atoms with van der Waals surface area (Å²) in [5.74, 6) is -2.13. The molecule has 0 bridgehead atoms. The normalized spacial score (nSPS) is 16.6. The maximum atomic E-state index is 11.8. The first-order chi connectivity index (χ1) is 5.84. The van der Waals surface area contributed by atoms with Gasteiger partial charge in [0, 0.05) is 0 Å². The third-order valence-electron chi connectivity index (χ3n) is 1.09. The number of hydrogen-bond donors (Lipinski definition) is 2. The van der Waals surface area contributed by atoms with Crippen molar-refractivity contribution in [3.8, 4) is 0 Å². The molecule has 0 aliphatic heterocycles. The van der Waals surface area contributed by atoms with Gasteiger partial charge < -0.3 is 0 Å². The second kappa shape index (κ2) is 3.64. The molecule has 0 rings (SSSR count). The van der Waals surface area contributed by atoms with Crippen molar-refractivity contribution in [3.63, 3.8) is 0 Å². The fourth-order valence-corrected chi connectivity index (χ4v) is 2.65. The molecule has 1 atom stereocenters. The van der Waals surface area contributed by atoms with Crippen molar-refractivity contribution in [2.45, 2.75) is 11.4 Å². The Labute approximate surface area is 77.2 Å². The highest BCUT2D eigenvalue weighted by molar-refractivity contribution is 7.90. The molecule has 2 N–H and O–H groups in total. The van der Waals surface area contributed by atoms with Gasteiger partial charge in [0.15, 0.2) is 5.25 Å². The summed E-state index contributed by atoms with van der Waals surface area (Å²) < 4.78 is 91.8. The Bertz CT molecular complexity index is 391. The second-order valence-electron chi connectivity index (χ2n) is 2.29. The summed E-state index contributed by atoms with van der Waals surface area (Å²) in [6.07, 6.45) is -5.47. The van der Waals surface area contributed by atoms with Crippen molar-refractivity contribution in [1.29, 1.82) is 0 Å². The lowest BCUT2D eigenvalue weighted by Crippen LogP contribution is -2.41. The second-order valence-corrected chi connectivity index (χ2v) is 5.39. The molecule has 0 saturated carbocycles. The molecule has 1 unspecified atom stereocenters. The topological polar surface area (TPSA) is 109 Å². The van der Waals surface area contributed by atoms with Gasteiger partial charge in [0.1, 0.15) is 5.75 Å². The molecule has 11 heteroatoms. The van der Waals surface area contributed by atoms with Gasteiger partial charge in [0.2, 0.25) is 0 Å². The Balaban J connectivity index is 5.18. The van der Waals surface area contributed by atoms with Crippen LogP contribution in [0.1, 0.15) is 0 Å². The number of hydrogen-bond acceptors (Lipinski definition) is 4. The van der Waals surface area contributed by atoms with Gasteiger partial charge in [0.25, 0.3) is 20.2 Å². The zero-order chi connectivity index (χ0) is 11.8. The van der Waals surface area contributed by atoms with Gasteiger partial charge in [-0.1, -0.05) is 0 Å². The molecule has 0 aromatic rings. The first-order valence-electron chi connectivity index (χ1n) is 2.82. The molecule has 86 valence electrons. The van der Waals surface area contributed by atoms with Crippen LogP contribution in [-0.2, 0) is 20.2 Å². The number of rotatable bonds is 3. The van der Waals surface area contributed by atoms with Crippen LogP contribution >= 0.6 is 0 Å². The van der Waals surface area contributed by atoms with Crippen LogP contribution in [0.4, 0.5) is 13.2 Å². The zero-order valence-corrected chi connectivity index (χ0v) is 7.90. The van der Waals surface area contributed by atoms with Crippen LogP contribution in [-0.4, -0.2) is 43.1 Å². The largest absolute Gasteiger partial charge is 0.408 e. The minimum absolute atomic E-state index is 2.13. The molecule has 14 heavy (non-hydrogen) atoms. The Morgan fingerprint density at radius 2 is 1.43 bits per heavy atom. The van der Waals surface area contributed by atoms with Gasteiger partial charge in [-0.2, -0.15) is 30.0 Å². The minimum atomic E-state index is -5.62. The highest BCUT2D eigenvalue weighted by Crippen LogP contribution is 2.26. The van der Waals surface area contributed by atoms with Crippen LogP contribution in [0.25, 0.3) is 0 Å². The molecule has 0 aliphatic carbocycles. The SMILES string of the molecule is O=S(=O)(O)CC(C(F)(F)F)S(=O)(=O)O. The van der Waals surface area contributed by atoms with Crippen molar-refractivity contribution >= 4 is 20.2 Å². The highest BCUT2D eigenvalue weighted by Gasteiger charge is 2.50. The standard InChI is InChI=1S/C3H5F3O6S2/c4-3(5,6)2(14(10,11)12)1-13(7,8)9/h2H,1H2,(H,7,8,9)(H,10,11,12). The molecule has 6 nitrogen and oxygen atoms in total. The number of halogens is 3. The summed E-state index contributed by atoms with van der Waals surface area (Å²) in [7, 11) is -10.8. The van der Waals surface area contributed by atoms with E-state index in [2.05, 4.69) is 0 Å². The minimum Gasteiger partial charge on any atom is -0.286 e. The molecule has 0 aromatic heterocycles. The van der Waals surface area contributed by atoms with Gasteiger partial charge in [-0.3, -0.25) is 9.11 Å². The summed E-state index contributed by atoms with van der Waals surface area (Å²) in [6, 6.07) is 0. The van der Waals surface area contributed by atoms with Gasteiger partial charge >= 0.3 is 6.18 Å². The quantitative estimate of drug-likeness (QED) is 0.672. The Hall–Kier alpha value is -0.390. The van der Waals surface area contributed by atoms with Crippen molar-refractivity contribution in [2.75, 3.05) is 5.75 Å². The fraction of sp³-hybridized carbons (Fsp3) is 1.00. The van der Waals surface area contributed by atoms with Gasteiger partial charge in [-0.15, -0.1) is 0 Å². The van der Waals surface area contributed by atoms with E-state index in [-0.39, 0.29) is 0 Å². The van der Waals surface area contributed by atoms with Crippen LogP contribution in [0, 0.1) is 0 Å². The van der Waals surface area contributed by atoms with E-state index in [4.69, 9.17) is 9.11 Å². The first kappa shape index (κ1) is 13.6. The molecule has 0 aliphatic rings. The Kier molecular flexibility index (Phi) is 3.54. The lowest BCUT2D eigenvalue weighted by Gasteiger charge is -2.15. The first-order valence-corrected chi connectivity index (χ1v) is 5.93. The molecule has 0 saturated heterocycles. The lowest BCUT2D eigenvalue weighted by atomic mass is 10.5. The monoisotopic (exact) mass is 258 g/mol. The molecule has 0 aromatic carbocycles. The summed E-state index contributed by atoms with van der Waals surface area (Å²) in [5.41, 5.74) is 0. The van der Waals surface area contributed by atoms with Crippen LogP contribution < -0.4 is 0 Å². The van der Waals surface area contributed by atoms with E-state index in [1.165, 1.54) is 0 Å². The van der Waals surface area contributed by atoms with Crippen LogP contribution in [0.2, 0.25) is 0 Å².